The van der Waals surface area contributed by atoms with Crippen LogP contribution < -0.4 is 11.1 Å². The number of anilines is 1. The van der Waals surface area contributed by atoms with Crippen LogP contribution in [0.5, 0.6) is 0 Å². The van der Waals surface area contributed by atoms with Crippen molar-refractivity contribution in [2.45, 2.75) is 46.1 Å². The molecule has 0 bridgehead atoms. The number of benzene rings is 1. The number of carbonyl (C=O) groups is 1. The normalized spacial score (nSPS) is 25.8. The van der Waals surface area contributed by atoms with Crippen molar-refractivity contribution < 1.29 is 4.79 Å². The quantitative estimate of drug-likeness (QED) is 0.875. The summed E-state index contributed by atoms with van der Waals surface area (Å²) < 4.78 is 0. The standard InChI is InChI=1S/C16H24N2O/c1-11-10-16(2,3)9-8-14(11)18-13-6-4-12(5-7-13)15(17)19/h4-7,11,14,18H,8-10H2,1-3H3,(H2,17,19). The van der Waals surface area contributed by atoms with Gasteiger partial charge in [-0.3, -0.25) is 4.79 Å². The second-order valence-corrected chi connectivity index (χ2v) is 6.58. The molecule has 3 heteroatoms. The highest BCUT2D eigenvalue weighted by Crippen LogP contribution is 2.39. The molecule has 1 saturated carbocycles. The van der Waals surface area contributed by atoms with Crippen molar-refractivity contribution >= 4 is 11.6 Å². The molecule has 0 spiro atoms. The molecular formula is C16H24N2O. The molecule has 2 unspecified atom stereocenters. The Morgan fingerprint density at radius 2 is 1.95 bits per heavy atom. The van der Waals surface area contributed by atoms with E-state index >= 15 is 0 Å². The van der Waals surface area contributed by atoms with Crippen LogP contribution in [0.3, 0.4) is 0 Å². The fraction of sp³-hybridized carbons (Fsp3) is 0.562. The summed E-state index contributed by atoms with van der Waals surface area (Å²) in [5, 5.41) is 3.58. The summed E-state index contributed by atoms with van der Waals surface area (Å²) in [6.07, 6.45) is 3.71. The fourth-order valence-corrected chi connectivity index (χ4v) is 3.11. The van der Waals surface area contributed by atoms with Gasteiger partial charge < -0.3 is 11.1 Å². The molecule has 0 saturated heterocycles. The van der Waals surface area contributed by atoms with Gasteiger partial charge in [-0.15, -0.1) is 0 Å². The molecule has 0 aliphatic heterocycles. The number of rotatable bonds is 3. The molecule has 1 fully saturated rings. The SMILES string of the molecule is CC1CC(C)(C)CCC1Nc1ccc(C(N)=O)cc1. The topological polar surface area (TPSA) is 55.1 Å². The lowest BCUT2D eigenvalue weighted by atomic mass is 9.70. The Balaban J connectivity index is 1.99. The first-order valence-electron chi connectivity index (χ1n) is 7.04. The van der Waals surface area contributed by atoms with Crippen LogP contribution in [0.15, 0.2) is 24.3 Å². The predicted molar refractivity (Wildman–Crippen MR) is 79.2 cm³/mol. The Kier molecular flexibility index (Phi) is 3.83. The Morgan fingerprint density at radius 3 is 2.47 bits per heavy atom. The number of nitrogens with two attached hydrogens (primary N) is 1. The molecule has 2 atom stereocenters. The van der Waals surface area contributed by atoms with Gasteiger partial charge in [0.2, 0.25) is 5.91 Å². The molecule has 3 N–H and O–H groups in total. The van der Waals surface area contributed by atoms with Gasteiger partial charge in [-0.25, -0.2) is 0 Å². The Morgan fingerprint density at radius 1 is 1.32 bits per heavy atom. The first-order chi connectivity index (χ1) is 8.87. The van der Waals surface area contributed by atoms with Crippen molar-refractivity contribution in [2.75, 3.05) is 5.32 Å². The summed E-state index contributed by atoms with van der Waals surface area (Å²) in [6.45, 7) is 7.01. The van der Waals surface area contributed by atoms with Crippen LogP contribution in [0.4, 0.5) is 5.69 Å². The number of carbonyl (C=O) groups excluding carboxylic acids is 1. The number of hydrogen-bond donors (Lipinski definition) is 2. The number of nitrogens with one attached hydrogen (secondary N) is 1. The van der Waals surface area contributed by atoms with Gasteiger partial charge in [0.1, 0.15) is 0 Å². The molecule has 3 nitrogen and oxygen atoms in total. The Bertz CT molecular complexity index is 450. The van der Waals surface area contributed by atoms with Crippen LogP contribution in [-0.2, 0) is 0 Å². The van der Waals surface area contributed by atoms with E-state index in [0.29, 0.717) is 22.9 Å². The monoisotopic (exact) mass is 260 g/mol. The lowest BCUT2D eigenvalue weighted by molar-refractivity contribution is 0.100. The molecule has 104 valence electrons. The molecule has 0 aromatic heterocycles. The van der Waals surface area contributed by atoms with Gasteiger partial charge in [-0.1, -0.05) is 20.8 Å². The van der Waals surface area contributed by atoms with Gasteiger partial charge >= 0.3 is 0 Å². The highest BCUT2D eigenvalue weighted by atomic mass is 16.1. The van der Waals surface area contributed by atoms with E-state index in [1.54, 1.807) is 12.1 Å². The summed E-state index contributed by atoms with van der Waals surface area (Å²) in [7, 11) is 0. The van der Waals surface area contributed by atoms with Crippen LogP contribution >= 0.6 is 0 Å². The maximum absolute atomic E-state index is 11.0. The van der Waals surface area contributed by atoms with E-state index in [9.17, 15) is 4.79 Å². The Labute approximate surface area is 115 Å². The number of primary amides is 1. The average molecular weight is 260 g/mol. The molecule has 1 aromatic carbocycles. The van der Waals surface area contributed by atoms with Gasteiger partial charge in [-0.05, 0) is 54.9 Å². The minimum absolute atomic E-state index is 0.376. The van der Waals surface area contributed by atoms with Crippen molar-refractivity contribution in [3.8, 4) is 0 Å². The molecule has 19 heavy (non-hydrogen) atoms. The molecular weight excluding hydrogens is 236 g/mol. The summed E-state index contributed by atoms with van der Waals surface area (Å²) >= 11 is 0. The minimum Gasteiger partial charge on any atom is -0.382 e. The van der Waals surface area contributed by atoms with Gasteiger partial charge in [0.15, 0.2) is 0 Å². The third kappa shape index (κ3) is 3.49. The van der Waals surface area contributed by atoms with E-state index in [4.69, 9.17) is 5.73 Å². The van der Waals surface area contributed by atoms with Crippen molar-refractivity contribution in [3.63, 3.8) is 0 Å². The highest BCUT2D eigenvalue weighted by Gasteiger charge is 2.32. The van der Waals surface area contributed by atoms with Crippen LogP contribution in [0.1, 0.15) is 50.4 Å². The summed E-state index contributed by atoms with van der Waals surface area (Å²) in [5.74, 6) is 0.291. The van der Waals surface area contributed by atoms with Crippen LogP contribution in [0.25, 0.3) is 0 Å². The molecule has 1 aromatic rings. The lowest BCUT2D eigenvalue weighted by Crippen LogP contribution is -2.36. The maximum Gasteiger partial charge on any atom is 0.248 e. The van der Waals surface area contributed by atoms with Gasteiger partial charge in [0.05, 0.1) is 0 Å². The van der Waals surface area contributed by atoms with Gasteiger partial charge in [0, 0.05) is 17.3 Å². The van der Waals surface area contributed by atoms with Crippen molar-refractivity contribution in [3.05, 3.63) is 29.8 Å². The summed E-state index contributed by atoms with van der Waals surface area (Å²) in [6, 6.07) is 7.95. The fourth-order valence-electron chi connectivity index (χ4n) is 3.11. The Hall–Kier alpha value is -1.51. The van der Waals surface area contributed by atoms with Gasteiger partial charge in [-0.2, -0.15) is 0 Å². The minimum atomic E-state index is -0.376. The van der Waals surface area contributed by atoms with Crippen molar-refractivity contribution in [1.82, 2.24) is 0 Å². The van der Waals surface area contributed by atoms with Crippen LogP contribution in [0, 0.1) is 11.3 Å². The lowest BCUT2D eigenvalue weighted by Gasteiger charge is -2.40. The van der Waals surface area contributed by atoms with E-state index in [2.05, 4.69) is 26.1 Å². The van der Waals surface area contributed by atoms with E-state index < -0.39 is 0 Å². The maximum atomic E-state index is 11.0. The second-order valence-electron chi connectivity index (χ2n) is 6.58. The molecule has 1 aliphatic rings. The molecule has 2 rings (SSSR count). The predicted octanol–water partition coefficient (Wildman–Crippen LogP) is 3.41. The largest absolute Gasteiger partial charge is 0.382 e. The van der Waals surface area contributed by atoms with E-state index in [-0.39, 0.29) is 5.91 Å². The third-order valence-electron chi connectivity index (χ3n) is 4.22. The van der Waals surface area contributed by atoms with E-state index in [1.807, 2.05) is 12.1 Å². The average Bonchev–Trinajstić information content (AvgIpc) is 2.33. The smallest absolute Gasteiger partial charge is 0.248 e. The first-order valence-corrected chi connectivity index (χ1v) is 7.04. The molecule has 1 aliphatic carbocycles. The summed E-state index contributed by atoms with van der Waals surface area (Å²) in [4.78, 5) is 11.0. The van der Waals surface area contributed by atoms with E-state index in [0.717, 1.165) is 5.69 Å². The van der Waals surface area contributed by atoms with Crippen LogP contribution in [0.2, 0.25) is 0 Å². The first kappa shape index (κ1) is 13.9. The van der Waals surface area contributed by atoms with Crippen molar-refractivity contribution in [2.24, 2.45) is 17.1 Å². The van der Waals surface area contributed by atoms with Crippen LogP contribution in [-0.4, -0.2) is 11.9 Å². The summed E-state index contributed by atoms with van der Waals surface area (Å²) in [5.41, 5.74) is 7.34. The third-order valence-corrected chi connectivity index (χ3v) is 4.22. The molecule has 1 amide bonds. The number of hydrogen-bond acceptors (Lipinski definition) is 2. The zero-order chi connectivity index (χ0) is 14.0. The number of amides is 1. The zero-order valence-corrected chi connectivity index (χ0v) is 12.1. The molecule has 0 heterocycles. The highest BCUT2D eigenvalue weighted by molar-refractivity contribution is 5.93. The zero-order valence-electron chi connectivity index (χ0n) is 12.1. The molecule has 0 radical (unpaired) electrons. The second kappa shape index (κ2) is 5.24. The van der Waals surface area contributed by atoms with E-state index in [1.165, 1.54) is 19.3 Å². The van der Waals surface area contributed by atoms with Gasteiger partial charge in [0.25, 0.3) is 0 Å². The van der Waals surface area contributed by atoms with Crippen molar-refractivity contribution in [1.29, 1.82) is 0 Å².